The fourth-order valence-electron chi connectivity index (χ4n) is 6.59. The smallest absolute Gasteiger partial charge is 0.241 e. The van der Waals surface area contributed by atoms with Gasteiger partial charge >= 0.3 is 0 Å². The molecule has 8 nitrogen and oxygen atoms in total. The maximum absolute atomic E-state index is 13.9. The summed E-state index contributed by atoms with van der Waals surface area (Å²) < 4.78 is 18.8. The van der Waals surface area contributed by atoms with Crippen molar-refractivity contribution in [2.24, 2.45) is 5.41 Å². The first-order valence-corrected chi connectivity index (χ1v) is 14.0. The van der Waals surface area contributed by atoms with Crippen LogP contribution in [-0.2, 0) is 26.2 Å². The Balaban J connectivity index is 1.18. The zero-order valence-corrected chi connectivity index (χ0v) is 23.1. The molecule has 6 rings (SSSR count). The molecule has 0 unspecified atom stereocenters. The summed E-state index contributed by atoms with van der Waals surface area (Å²) >= 11 is 0. The largest absolute Gasteiger partial charge is 0.380 e. The second-order valence-corrected chi connectivity index (χ2v) is 12.7. The van der Waals surface area contributed by atoms with Gasteiger partial charge in [-0.25, -0.2) is 4.39 Å². The van der Waals surface area contributed by atoms with Crippen LogP contribution in [0, 0.1) is 11.2 Å². The quantitative estimate of drug-likeness (QED) is 0.612. The van der Waals surface area contributed by atoms with E-state index < -0.39 is 0 Å². The van der Waals surface area contributed by atoms with Crippen molar-refractivity contribution < 1.29 is 18.7 Å². The average Bonchev–Trinajstić information content (AvgIpc) is 3.35. The molecule has 1 N–H and O–H groups in total. The Labute approximate surface area is 229 Å². The Morgan fingerprint density at radius 2 is 1.95 bits per heavy atom. The monoisotopic (exact) mass is 535 g/mol. The highest BCUT2D eigenvalue weighted by Crippen LogP contribution is 2.40. The van der Waals surface area contributed by atoms with E-state index in [1.54, 1.807) is 12.1 Å². The molecule has 0 aliphatic carbocycles. The third kappa shape index (κ3) is 5.19. The summed E-state index contributed by atoms with van der Waals surface area (Å²) in [6.07, 6.45) is 3.06. The van der Waals surface area contributed by atoms with Crippen LogP contribution in [0.3, 0.4) is 0 Å². The van der Waals surface area contributed by atoms with Gasteiger partial charge in [0.1, 0.15) is 5.82 Å². The zero-order valence-electron chi connectivity index (χ0n) is 23.1. The van der Waals surface area contributed by atoms with Gasteiger partial charge in [0.25, 0.3) is 0 Å². The van der Waals surface area contributed by atoms with Crippen LogP contribution in [0.25, 0.3) is 0 Å². The number of hydrogen-bond donors (Lipinski definition) is 1. The molecule has 3 fully saturated rings. The van der Waals surface area contributed by atoms with Crippen molar-refractivity contribution in [3.63, 3.8) is 0 Å². The number of amides is 2. The molecule has 208 valence electrons. The van der Waals surface area contributed by atoms with Gasteiger partial charge in [-0.15, -0.1) is 0 Å². The Kier molecular flexibility index (Phi) is 6.72. The minimum absolute atomic E-state index is 0.00339. The van der Waals surface area contributed by atoms with Gasteiger partial charge in [-0.2, -0.15) is 0 Å². The third-order valence-corrected chi connectivity index (χ3v) is 8.75. The Morgan fingerprint density at radius 1 is 1.18 bits per heavy atom. The average molecular weight is 536 g/mol. The predicted molar refractivity (Wildman–Crippen MR) is 146 cm³/mol. The standard InChI is InChI=1S/C30H38FN5O3/c1-20-13-34(24(12-32-20)14-35-17-30(10-26(35)37)18-39-19-30)15-27(38)36-16-29(2,3)28-25(36)9-22(11-33-28)8-21-4-6-23(31)7-5-21/h4-7,9,11,20,24,32H,8,10,12-19H2,1-3H3/t20-,24-/m1/s1. The Hall–Kier alpha value is -2.88. The number of carbonyl (C=O) groups excluding carboxylic acids is 2. The molecule has 5 heterocycles. The second-order valence-electron chi connectivity index (χ2n) is 12.7. The first-order valence-electron chi connectivity index (χ1n) is 14.0. The highest BCUT2D eigenvalue weighted by atomic mass is 19.1. The first-order chi connectivity index (χ1) is 18.6. The minimum atomic E-state index is -0.254. The predicted octanol–water partition coefficient (Wildman–Crippen LogP) is 2.35. The number of piperazine rings is 1. The van der Waals surface area contributed by atoms with Crippen LogP contribution in [0.15, 0.2) is 36.5 Å². The van der Waals surface area contributed by atoms with Gasteiger partial charge in [-0.3, -0.25) is 19.5 Å². The third-order valence-electron chi connectivity index (χ3n) is 8.75. The number of pyridine rings is 1. The molecule has 39 heavy (non-hydrogen) atoms. The lowest BCUT2D eigenvalue weighted by atomic mass is 9.85. The van der Waals surface area contributed by atoms with Crippen molar-refractivity contribution >= 4 is 17.5 Å². The number of benzene rings is 1. The summed E-state index contributed by atoms with van der Waals surface area (Å²) in [5.41, 5.74) is 3.53. The molecule has 2 aromatic rings. The van der Waals surface area contributed by atoms with Crippen molar-refractivity contribution in [2.45, 2.75) is 51.1 Å². The summed E-state index contributed by atoms with van der Waals surface area (Å²) in [4.78, 5) is 37.6. The number of carbonyl (C=O) groups is 2. The molecule has 0 bridgehead atoms. The highest BCUT2D eigenvalue weighted by molar-refractivity contribution is 5.97. The van der Waals surface area contributed by atoms with Crippen LogP contribution < -0.4 is 10.2 Å². The van der Waals surface area contributed by atoms with Gasteiger partial charge in [-0.1, -0.05) is 26.0 Å². The van der Waals surface area contributed by atoms with Crippen LogP contribution in [-0.4, -0.2) is 91.2 Å². The molecular formula is C30H38FN5O3. The van der Waals surface area contributed by atoms with Crippen LogP contribution in [0.2, 0.25) is 0 Å². The summed E-state index contributed by atoms with van der Waals surface area (Å²) in [7, 11) is 0. The van der Waals surface area contributed by atoms with Gasteiger partial charge in [0.05, 0.1) is 31.1 Å². The summed E-state index contributed by atoms with van der Waals surface area (Å²) in [6.45, 7) is 11.5. The van der Waals surface area contributed by atoms with Crippen molar-refractivity contribution in [3.05, 3.63) is 59.2 Å². The SMILES string of the molecule is C[C@@H]1CN(CC(=O)N2CC(C)(C)c3ncc(Cc4ccc(F)cc4)cc32)[C@@H](CN2CC3(COC3)CC2=O)CN1. The molecule has 2 amide bonds. The number of nitrogens with one attached hydrogen (secondary N) is 1. The number of ether oxygens (including phenoxy) is 1. The zero-order chi connectivity index (χ0) is 27.4. The molecule has 1 spiro atoms. The lowest BCUT2D eigenvalue weighted by Crippen LogP contribution is -2.61. The number of halogens is 1. The summed E-state index contributed by atoms with van der Waals surface area (Å²) in [5.74, 6) is -0.00742. The highest BCUT2D eigenvalue weighted by Gasteiger charge is 2.49. The van der Waals surface area contributed by atoms with Crippen LogP contribution in [0.4, 0.5) is 10.1 Å². The summed E-state index contributed by atoms with van der Waals surface area (Å²) in [5, 5.41) is 3.54. The Bertz CT molecular complexity index is 1260. The number of anilines is 1. The fraction of sp³-hybridized carbons (Fsp3) is 0.567. The van der Waals surface area contributed by atoms with Gasteiger partial charge in [-0.05, 0) is 42.7 Å². The molecular weight excluding hydrogens is 497 g/mol. The second kappa shape index (κ2) is 9.94. The van der Waals surface area contributed by atoms with Gasteiger partial charge < -0.3 is 19.9 Å². The maximum atomic E-state index is 13.9. The lowest BCUT2D eigenvalue weighted by Gasteiger charge is -2.42. The van der Waals surface area contributed by atoms with E-state index in [1.807, 2.05) is 16.0 Å². The molecule has 3 saturated heterocycles. The molecule has 4 aliphatic rings. The normalized spacial score (nSPS) is 25.7. The number of likely N-dealkylation sites (tertiary alicyclic amines) is 1. The fourth-order valence-corrected chi connectivity index (χ4v) is 6.59. The van der Waals surface area contributed by atoms with E-state index in [-0.39, 0.29) is 40.5 Å². The van der Waals surface area contributed by atoms with Crippen LogP contribution in [0.1, 0.15) is 44.0 Å². The maximum Gasteiger partial charge on any atom is 0.241 e. The molecule has 1 aromatic carbocycles. The molecule has 0 saturated carbocycles. The van der Waals surface area contributed by atoms with Crippen molar-refractivity contribution in [3.8, 4) is 0 Å². The van der Waals surface area contributed by atoms with Crippen LogP contribution >= 0.6 is 0 Å². The number of fused-ring (bicyclic) bond motifs is 1. The minimum Gasteiger partial charge on any atom is -0.380 e. The molecule has 0 radical (unpaired) electrons. The summed E-state index contributed by atoms with van der Waals surface area (Å²) in [6, 6.07) is 8.91. The van der Waals surface area contributed by atoms with E-state index in [2.05, 4.69) is 37.1 Å². The van der Waals surface area contributed by atoms with E-state index in [0.29, 0.717) is 45.7 Å². The number of rotatable bonds is 6. The van der Waals surface area contributed by atoms with E-state index in [4.69, 9.17) is 9.72 Å². The molecule has 4 aliphatic heterocycles. The lowest BCUT2D eigenvalue weighted by molar-refractivity contribution is -0.130. The van der Waals surface area contributed by atoms with Gasteiger partial charge in [0.15, 0.2) is 0 Å². The Morgan fingerprint density at radius 3 is 2.64 bits per heavy atom. The molecule has 1 aromatic heterocycles. The molecule has 9 heteroatoms. The van der Waals surface area contributed by atoms with Crippen molar-refractivity contribution in [1.82, 2.24) is 20.1 Å². The topological polar surface area (TPSA) is 78.0 Å². The van der Waals surface area contributed by atoms with E-state index in [9.17, 15) is 14.0 Å². The van der Waals surface area contributed by atoms with Gasteiger partial charge in [0.2, 0.25) is 11.8 Å². The first kappa shape index (κ1) is 26.3. The van der Waals surface area contributed by atoms with Crippen molar-refractivity contribution in [1.29, 1.82) is 0 Å². The van der Waals surface area contributed by atoms with Gasteiger partial charge in [0, 0.05) is 68.3 Å². The molecule has 2 atom stereocenters. The van der Waals surface area contributed by atoms with Crippen molar-refractivity contribution in [2.75, 3.05) is 57.4 Å². The van der Waals surface area contributed by atoms with Crippen LogP contribution in [0.5, 0.6) is 0 Å². The number of aromatic nitrogens is 1. The van der Waals surface area contributed by atoms with E-state index in [1.165, 1.54) is 12.1 Å². The van der Waals surface area contributed by atoms with E-state index >= 15 is 0 Å². The number of nitrogens with zero attached hydrogens (tertiary/aromatic N) is 4. The number of hydrogen-bond acceptors (Lipinski definition) is 6. The van der Waals surface area contributed by atoms with E-state index in [0.717, 1.165) is 42.1 Å².